The van der Waals surface area contributed by atoms with E-state index in [2.05, 4.69) is 0 Å². The summed E-state index contributed by atoms with van der Waals surface area (Å²) in [5.41, 5.74) is 2.67. The van der Waals surface area contributed by atoms with Gasteiger partial charge < -0.3 is 4.90 Å². The molecule has 0 saturated carbocycles. The Morgan fingerprint density at radius 3 is 1.48 bits per heavy atom. The van der Waals surface area contributed by atoms with Crippen molar-refractivity contribution in [2.24, 2.45) is 0 Å². The SMILES string of the molecule is Fc1ccc(N(c2ccccc2-c2cc(F)cc(F)c2)c2cccc3c(-c4cc(F)cc(F)c4)cc(-c4cc(F)cc(F)c4)nc23)cc1. The van der Waals surface area contributed by atoms with E-state index in [-0.39, 0.29) is 27.9 Å². The molecule has 48 heavy (non-hydrogen) atoms. The summed E-state index contributed by atoms with van der Waals surface area (Å²) >= 11 is 0. The number of para-hydroxylation sites is 2. The highest BCUT2D eigenvalue weighted by molar-refractivity contribution is 6.05. The minimum Gasteiger partial charge on any atom is -0.308 e. The van der Waals surface area contributed by atoms with Gasteiger partial charge in [0.05, 0.1) is 22.6 Å². The molecular weight excluding hydrogens is 629 g/mol. The van der Waals surface area contributed by atoms with Crippen LogP contribution in [-0.4, -0.2) is 4.98 Å². The van der Waals surface area contributed by atoms with Gasteiger partial charge >= 0.3 is 0 Å². The second-order valence-corrected chi connectivity index (χ2v) is 11.0. The fourth-order valence-corrected chi connectivity index (χ4v) is 5.83. The fraction of sp³-hybridized carbons (Fsp3) is 0. The number of halogens is 7. The molecule has 9 heteroatoms. The van der Waals surface area contributed by atoms with E-state index >= 15 is 0 Å². The van der Waals surface area contributed by atoms with E-state index in [0.29, 0.717) is 39.6 Å². The largest absolute Gasteiger partial charge is 0.308 e. The van der Waals surface area contributed by atoms with Crippen molar-refractivity contribution in [2.75, 3.05) is 4.90 Å². The summed E-state index contributed by atoms with van der Waals surface area (Å²) in [7, 11) is 0. The average Bonchev–Trinajstić information content (AvgIpc) is 3.04. The number of benzene rings is 6. The van der Waals surface area contributed by atoms with Crippen LogP contribution in [0.5, 0.6) is 0 Å². The van der Waals surface area contributed by atoms with Gasteiger partial charge in [-0.05, 0) is 95.6 Å². The predicted molar refractivity (Wildman–Crippen MR) is 172 cm³/mol. The second kappa shape index (κ2) is 12.3. The molecular formula is C39H21F7N2. The van der Waals surface area contributed by atoms with Crippen LogP contribution in [-0.2, 0) is 0 Å². The highest BCUT2D eigenvalue weighted by Gasteiger charge is 2.23. The van der Waals surface area contributed by atoms with Crippen LogP contribution >= 0.6 is 0 Å². The third-order valence-electron chi connectivity index (χ3n) is 7.79. The molecule has 0 saturated heterocycles. The molecule has 7 rings (SSSR count). The number of nitrogens with zero attached hydrogens (tertiary/aromatic N) is 2. The molecule has 0 radical (unpaired) electrons. The molecule has 0 aliphatic heterocycles. The Bertz CT molecular complexity index is 2280. The van der Waals surface area contributed by atoms with E-state index < -0.39 is 40.7 Å². The first-order chi connectivity index (χ1) is 23.1. The number of pyridine rings is 1. The lowest BCUT2D eigenvalue weighted by Gasteiger charge is -2.29. The van der Waals surface area contributed by atoms with Gasteiger partial charge in [0.25, 0.3) is 0 Å². The van der Waals surface area contributed by atoms with Gasteiger partial charge in [-0.15, -0.1) is 0 Å². The molecule has 1 aromatic heterocycles. The van der Waals surface area contributed by atoms with Crippen molar-refractivity contribution in [1.29, 1.82) is 0 Å². The predicted octanol–water partition coefficient (Wildman–Crippen LogP) is 11.7. The maximum absolute atomic E-state index is 14.5. The first-order valence-electron chi connectivity index (χ1n) is 14.6. The van der Waals surface area contributed by atoms with Crippen molar-refractivity contribution in [2.45, 2.75) is 0 Å². The molecule has 0 aliphatic carbocycles. The Labute approximate surface area is 270 Å². The topological polar surface area (TPSA) is 16.1 Å². The molecule has 0 atom stereocenters. The van der Waals surface area contributed by atoms with E-state index in [1.165, 1.54) is 42.5 Å². The average molecular weight is 651 g/mol. The molecule has 236 valence electrons. The van der Waals surface area contributed by atoms with Gasteiger partial charge in [-0.25, -0.2) is 35.7 Å². The summed E-state index contributed by atoms with van der Waals surface area (Å²) < 4.78 is 101. The zero-order valence-corrected chi connectivity index (χ0v) is 24.7. The Balaban J connectivity index is 1.57. The third kappa shape index (κ3) is 5.98. The summed E-state index contributed by atoms with van der Waals surface area (Å²) in [6.07, 6.45) is 0. The third-order valence-corrected chi connectivity index (χ3v) is 7.79. The number of anilines is 3. The molecule has 6 aromatic carbocycles. The minimum absolute atomic E-state index is 0.0614. The van der Waals surface area contributed by atoms with Crippen LogP contribution < -0.4 is 4.90 Å². The number of fused-ring (bicyclic) bond motifs is 1. The Morgan fingerprint density at radius 1 is 0.396 bits per heavy atom. The quantitative estimate of drug-likeness (QED) is 0.167. The molecule has 0 unspecified atom stereocenters. The van der Waals surface area contributed by atoms with E-state index in [9.17, 15) is 30.7 Å². The van der Waals surface area contributed by atoms with Crippen LogP contribution in [0.15, 0.2) is 127 Å². The summed E-state index contributed by atoms with van der Waals surface area (Å²) in [6.45, 7) is 0. The van der Waals surface area contributed by atoms with E-state index in [1.807, 2.05) is 0 Å². The maximum atomic E-state index is 14.5. The lowest BCUT2D eigenvalue weighted by molar-refractivity contribution is 0.583. The van der Waals surface area contributed by atoms with E-state index in [4.69, 9.17) is 4.98 Å². The lowest BCUT2D eigenvalue weighted by Crippen LogP contribution is -2.12. The molecule has 0 fully saturated rings. The summed E-state index contributed by atoms with van der Waals surface area (Å²) in [5.74, 6) is -5.49. The van der Waals surface area contributed by atoms with Crippen molar-refractivity contribution in [1.82, 2.24) is 4.98 Å². The van der Waals surface area contributed by atoms with Crippen molar-refractivity contribution < 1.29 is 30.7 Å². The van der Waals surface area contributed by atoms with Gasteiger partial charge in [-0.3, -0.25) is 0 Å². The van der Waals surface area contributed by atoms with Crippen molar-refractivity contribution in [3.63, 3.8) is 0 Å². The molecule has 0 spiro atoms. The van der Waals surface area contributed by atoms with Gasteiger partial charge in [-0.1, -0.05) is 30.3 Å². The molecule has 1 heterocycles. The van der Waals surface area contributed by atoms with Gasteiger partial charge in [-0.2, -0.15) is 0 Å². The molecule has 7 aromatic rings. The minimum atomic E-state index is -0.859. The molecule has 0 bridgehead atoms. The second-order valence-electron chi connectivity index (χ2n) is 11.0. The van der Waals surface area contributed by atoms with Crippen LogP contribution in [0, 0.1) is 40.7 Å². The molecule has 0 aliphatic rings. The Kier molecular flexibility index (Phi) is 7.88. The van der Waals surface area contributed by atoms with Gasteiger partial charge in [0, 0.05) is 40.4 Å². The molecule has 0 N–H and O–H groups in total. The van der Waals surface area contributed by atoms with E-state index in [1.54, 1.807) is 47.4 Å². The number of hydrogen-bond acceptors (Lipinski definition) is 2. The van der Waals surface area contributed by atoms with Crippen molar-refractivity contribution >= 4 is 28.0 Å². The zero-order chi connectivity index (χ0) is 33.5. The smallest absolute Gasteiger partial charge is 0.126 e. The van der Waals surface area contributed by atoms with Crippen LogP contribution in [0.1, 0.15) is 0 Å². The van der Waals surface area contributed by atoms with Crippen LogP contribution in [0.2, 0.25) is 0 Å². The van der Waals surface area contributed by atoms with E-state index in [0.717, 1.165) is 36.4 Å². The number of hydrogen-bond donors (Lipinski definition) is 0. The highest BCUT2D eigenvalue weighted by atomic mass is 19.2. The summed E-state index contributed by atoms with van der Waals surface area (Å²) in [5, 5.41) is 0.416. The highest BCUT2D eigenvalue weighted by Crippen LogP contribution is 2.45. The normalized spacial score (nSPS) is 11.2. The standard InChI is InChI=1S/C39H21F7N2/c40-25-8-10-32(11-9-25)48(37-6-2-1-4-33(37)22-12-26(41)18-27(42)13-22)38-7-3-5-34-35(23-14-28(43)19-29(44)15-23)21-36(47-39(34)38)24-16-30(45)20-31(46)17-24/h1-21H. The van der Waals surface area contributed by atoms with Crippen molar-refractivity contribution in [3.8, 4) is 33.5 Å². The molecule has 0 amide bonds. The first-order valence-corrected chi connectivity index (χ1v) is 14.6. The van der Waals surface area contributed by atoms with Crippen LogP contribution in [0.3, 0.4) is 0 Å². The zero-order valence-electron chi connectivity index (χ0n) is 24.7. The van der Waals surface area contributed by atoms with Crippen LogP contribution in [0.4, 0.5) is 47.8 Å². The maximum Gasteiger partial charge on any atom is 0.126 e. The molecule has 2 nitrogen and oxygen atoms in total. The fourth-order valence-electron chi connectivity index (χ4n) is 5.83. The number of aromatic nitrogens is 1. The Morgan fingerprint density at radius 2 is 0.896 bits per heavy atom. The van der Waals surface area contributed by atoms with Gasteiger partial charge in [0.15, 0.2) is 0 Å². The number of rotatable bonds is 6. The van der Waals surface area contributed by atoms with Gasteiger partial charge in [0.2, 0.25) is 0 Å². The van der Waals surface area contributed by atoms with Gasteiger partial charge in [0.1, 0.15) is 40.7 Å². The monoisotopic (exact) mass is 650 g/mol. The first kappa shape index (κ1) is 30.7. The van der Waals surface area contributed by atoms with Crippen molar-refractivity contribution in [3.05, 3.63) is 168 Å². The lowest BCUT2D eigenvalue weighted by atomic mass is 9.96. The summed E-state index contributed by atoms with van der Waals surface area (Å²) in [4.78, 5) is 6.52. The van der Waals surface area contributed by atoms with Crippen LogP contribution in [0.25, 0.3) is 44.4 Å². The Hall–Kier alpha value is -5.96. The summed E-state index contributed by atoms with van der Waals surface area (Å²) in [6, 6.07) is 27.8.